The van der Waals surface area contributed by atoms with Crippen molar-refractivity contribution in [1.82, 2.24) is 19.5 Å². The number of rotatable bonds is 9. The molecule has 0 aromatic carbocycles. The van der Waals surface area contributed by atoms with Crippen LogP contribution in [0.5, 0.6) is 0 Å². The Labute approximate surface area is 187 Å². The molecule has 9 N–H and O–H groups in total. The van der Waals surface area contributed by atoms with Crippen LogP contribution in [0.3, 0.4) is 0 Å². The highest BCUT2D eigenvalue weighted by Gasteiger charge is 2.47. The third-order valence-corrected chi connectivity index (χ3v) is 7.22. The van der Waals surface area contributed by atoms with E-state index < -0.39 is 47.4 Å². The van der Waals surface area contributed by atoms with Crippen molar-refractivity contribution < 1.29 is 24.9 Å². The van der Waals surface area contributed by atoms with E-state index in [4.69, 9.17) is 21.9 Å². The fraction of sp³-hybridized carbons (Fsp3) is 0.579. The maximum absolute atomic E-state index is 11.2. The molecule has 1 saturated heterocycles. The van der Waals surface area contributed by atoms with E-state index in [1.807, 2.05) is 0 Å². The van der Waals surface area contributed by atoms with Crippen LogP contribution in [0.2, 0.25) is 0 Å². The fourth-order valence-electron chi connectivity index (χ4n) is 3.33. The van der Waals surface area contributed by atoms with E-state index >= 15 is 0 Å². The van der Waals surface area contributed by atoms with E-state index in [-0.39, 0.29) is 11.6 Å². The molecule has 2 aromatic heterocycles. The first-order valence-corrected chi connectivity index (χ1v) is 11.8. The van der Waals surface area contributed by atoms with Crippen molar-refractivity contribution in [2.45, 2.75) is 43.4 Å². The van der Waals surface area contributed by atoms with Crippen molar-refractivity contribution in [3.8, 4) is 11.8 Å². The van der Waals surface area contributed by atoms with Crippen LogP contribution in [0.1, 0.15) is 19.1 Å². The molecule has 0 saturated carbocycles. The van der Waals surface area contributed by atoms with E-state index in [9.17, 15) is 20.1 Å². The van der Waals surface area contributed by atoms with Gasteiger partial charge in [-0.2, -0.15) is 0 Å². The van der Waals surface area contributed by atoms with Gasteiger partial charge in [0.25, 0.3) is 0 Å². The van der Waals surface area contributed by atoms with E-state index in [2.05, 4.69) is 26.8 Å². The molecule has 0 amide bonds. The van der Waals surface area contributed by atoms with Gasteiger partial charge in [-0.15, -0.1) is 0 Å². The minimum Gasteiger partial charge on any atom is -0.480 e. The summed E-state index contributed by atoms with van der Waals surface area (Å²) in [5.74, 6) is 6.05. The molecular formula is C19H28N7O5S+. The molecule has 0 spiro atoms. The number of carbonyl (C=O) groups is 1. The molecule has 13 heteroatoms. The van der Waals surface area contributed by atoms with Gasteiger partial charge in [-0.05, 0) is 18.9 Å². The first-order valence-electron chi connectivity index (χ1n) is 10.1. The van der Waals surface area contributed by atoms with Gasteiger partial charge in [0.2, 0.25) is 0 Å². The number of aliphatic hydroxyl groups excluding tert-OH is 2. The third-order valence-electron chi connectivity index (χ3n) is 5.04. The maximum Gasteiger partial charge on any atom is 0.325 e. The Balaban J connectivity index is 1.74. The number of hydrogen-bond donors (Lipinski definition) is 6. The van der Waals surface area contributed by atoms with Crippen molar-refractivity contribution >= 4 is 33.8 Å². The quantitative estimate of drug-likeness (QED) is 0.133. The van der Waals surface area contributed by atoms with Crippen LogP contribution in [-0.4, -0.2) is 89.0 Å². The monoisotopic (exact) mass is 466 g/mol. The third kappa shape index (κ3) is 5.47. The Hall–Kier alpha value is -2.47. The standard InChI is InChI=1S/C19H27N7O5S/c20-5-3-1-2-4-6-32(7-11(21)19(29)30)8-12-14(27)15(28)18(31-12)26-10-25-13-16(22)23-9-24-17(13)26/h9-12,14-15,18,27-28H,1,3,5-8,20-21H2,(H2-,22,23,24,29,30)/p+1/t11-,12+,14-,15?,18+,32?/m0/s1. The zero-order chi connectivity index (χ0) is 23.3. The number of nitrogens with zero attached hydrogens (tertiary/aromatic N) is 4. The number of aliphatic hydroxyl groups is 2. The van der Waals surface area contributed by atoms with Crippen molar-refractivity contribution in [2.75, 3.05) is 29.5 Å². The van der Waals surface area contributed by atoms with Crippen molar-refractivity contribution in [3.63, 3.8) is 0 Å². The number of imidazole rings is 1. The van der Waals surface area contributed by atoms with Crippen LogP contribution in [0.25, 0.3) is 11.2 Å². The minimum absolute atomic E-state index is 0.187. The molecule has 0 bridgehead atoms. The van der Waals surface area contributed by atoms with Crippen molar-refractivity contribution in [2.24, 2.45) is 11.5 Å². The van der Waals surface area contributed by atoms with Crippen LogP contribution >= 0.6 is 0 Å². The van der Waals surface area contributed by atoms with Crippen LogP contribution < -0.4 is 17.2 Å². The number of unbranched alkanes of at least 4 members (excludes halogenated alkanes) is 1. The molecule has 3 rings (SSSR count). The lowest BCUT2D eigenvalue weighted by Crippen LogP contribution is -2.42. The molecule has 12 nitrogen and oxygen atoms in total. The number of carboxylic acids is 1. The van der Waals surface area contributed by atoms with Gasteiger partial charge in [0.05, 0.1) is 6.33 Å². The summed E-state index contributed by atoms with van der Waals surface area (Å²) in [6.07, 6.45) is -0.00606. The Morgan fingerprint density at radius 2 is 2.06 bits per heavy atom. The molecule has 0 radical (unpaired) electrons. The second-order valence-corrected chi connectivity index (χ2v) is 9.59. The highest BCUT2D eigenvalue weighted by molar-refractivity contribution is 7.97. The number of aliphatic carboxylic acids is 1. The summed E-state index contributed by atoms with van der Waals surface area (Å²) in [5, 5.41) is 30.5. The number of anilines is 1. The number of nitrogens with two attached hydrogens (primary N) is 3. The van der Waals surface area contributed by atoms with Gasteiger partial charge in [-0.25, -0.2) is 15.0 Å². The predicted octanol–water partition coefficient (Wildman–Crippen LogP) is -2.20. The van der Waals surface area contributed by atoms with Crippen LogP contribution in [0.15, 0.2) is 12.7 Å². The van der Waals surface area contributed by atoms with Gasteiger partial charge in [-0.1, -0.05) is 5.92 Å². The summed E-state index contributed by atoms with van der Waals surface area (Å²) in [6.45, 7) is 0.547. The number of hydrogen-bond acceptors (Lipinski definition) is 10. The van der Waals surface area contributed by atoms with Gasteiger partial charge in [0, 0.05) is 17.3 Å². The van der Waals surface area contributed by atoms with Gasteiger partial charge in [-0.3, -0.25) is 9.36 Å². The first-order chi connectivity index (χ1) is 15.3. The van der Waals surface area contributed by atoms with Crippen LogP contribution in [0, 0.1) is 11.8 Å². The SMILES string of the molecule is NCCCC#CC[S+](C[C@H](N)C(=O)O)C[C@H]1O[C@@H](n2cnc3c(N)ncnc32)C(O)[C@H]1O. The highest BCUT2D eigenvalue weighted by Crippen LogP contribution is 2.32. The molecule has 1 aliphatic heterocycles. The molecule has 6 atom stereocenters. The molecule has 32 heavy (non-hydrogen) atoms. The summed E-state index contributed by atoms with van der Waals surface area (Å²) < 4.78 is 7.47. The Morgan fingerprint density at radius 1 is 1.28 bits per heavy atom. The second-order valence-electron chi connectivity index (χ2n) is 7.41. The van der Waals surface area contributed by atoms with Crippen molar-refractivity contribution in [1.29, 1.82) is 0 Å². The maximum atomic E-state index is 11.2. The predicted molar refractivity (Wildman–Crippen MR) is 119 cm³/mol. The summed E-state index contributed by atoms with van der Waals surface area (Å²) in [4.78, 5) is 23.4. The van der Waals surface area contributed by atoms with E-state index in [1.165, 1.54) is 17.2 Å². The van der Waals surface area contributed by atoms with E-state index in [0.717, 1.165) is 6.42 Å². The number of nitrogen functional groups attached to an aromatic ring is 1. The summed E-state index contributed by atoms with van der Waals surface area (Å²) >= 11 is 0. The molecule has 2 unspecified atom stereocenters. The average Bonchev–Trinajstić information content (AvgIpc) is 3.30. The normalized spacial score (nSPS) is 24.8. The second kappa shape index (κ2) is 10.9. The number of fused-ring (bicyclic) bond motifs is 1. The molecule has 174 valence electrons. The topological polar surface area (TPSA) is 209 Å². The van der Waals surface area contributed by atoms with Gasteiger partial charge >= 0.3 is 5.97 Å². The first kappa shape index (κ1) is 24.2. The number of ether oxygens (including phenoxy) is 1. The van der Waals surface area contributed by atoms with Gasteiger partial charge < -0.3 is 37.3 Å². The summed E-state index contributed by atoms with van der Waals surface area (Å²) in [6, 6.07) is -1.05. The zero-order valence-corrected chi connectivity index (χ0v) is 18.2. The van der Waals surface area contributed by atoms with Crippen molar-refractivity contribution in [3.05, 3.63) is 12.7 Å². The zero-order valence-electron chi connectivity index (χ0n) is 17.4. The van der Waals surface area contributed by atoms with Gasteiger partial charge in [0.1, 0.15) is 47.7 Å². The Bertz CT molecular complexity index is 993. The van der Waals surface area contributed by atoms with Gasteiger partial charge in [0.15, 0.2) is 23.4 Å². The number of aromatic nitrogens is 4. The van der Waals surface area contributed by atoms with Crippen LogP contribution in [0.4, 0.5) is 5.82 Å². The fourth-order valence-corrected chi connectivity index (χ4v) is 5.40. The molecule has 1 aliphatic rings. The lowest BCUT2D eigenvalue weighted by Gasteiger charge is -2.16. The molecule has 1 fully saturated rings. The average molecular weight is 467 g/mol. The summed E-state index contributed by atoms with van der Waals surface area (Å²) in [7, 11) is -0.576. The number of carboxylic acid groups (broad SMARTS) is 1. The van der Waals surface area contributed by atoms with E-state index in [1.54, 1.807) is 0 Å². The van der Waals surface area contributed by atoms with Crippen LogP contribution in [-0.2, 0) is 20.4 Å². The molecule has 0 aliphatic carbocycles. The lowest BCUT2D eigenvalue weighted by molar-refractivity contribution is -0.137. The highest BCUT2D eigenvalue weighted by atomic mass is 32.2. The summed E-state index contributed by atoms with van der Waals surface area (Å²) in [5.41, 5.74) is 17.7. The smallest absolute Gasteiger partial charge is 0.325 e. The lowest BCUT2D eigenvalue weighted by atomic mass is 10.1. The Morgan fingerprint density at radius 3 is 2.78 bits per heavy atom. The molecule has 2 aromatic rings. The molecule has 3 heterocycles. The minimum atomic E-state index is -1.25. The Kier molecular flexibility index (Phi) is 8.24. The van der Waals surface area contributed by atoms with E-state index in [0.29, 0.717) is 35.6 Å². The largest absolute Gasteiger partial charge is 0.480 e. The molecular weight excluding hydrogens is 438 g/mol.